The minimum Gasteiger partial charge on any atom is -0.481 e. The van der Waals surface area contributed by atoms with E-state index in [1.54, 1.807) is 0 Å². The van der Waals surface area contributed by atoms with E-state index in [1.807, 2.05) is 19.1 Å². The number of carbonyl (C=O) groups is 1. The molecule has 30 heavy (non-hydrogen) atoms. The van der Waals surface area contributed by atoms with Crippen LogP contribution >= 0.6 is 0 Å². The monoisotopic (exact) mass is 417 g/mol. The quantitative estimate of drug-likeness (QED) is 0.235. The van der Waals surface area contributed by atoms with E-state index in [4.69, 9.17) is 4.74 Å². The predicted octanol–water partition coefficient (Wildman–Crippen LogP) is 7.61. The van der Waals surface area contributed by atoms with Crippen molar-refractivity contribution in [3.8, 4) is 5.75 Å². The minimum absolute atomic E-state index is 0.0238. The van der Waals surface area contributed by atoms with Crippen molar-refractivity contribution in [1.29, 1.82) is 0 Å². The highest BCUT2D eigenvalue weighted by Crippen LogP contribution is 2.15. The van der Waals surface area contributed by atoms with Crippen molar-refractivity contribution in [3.05, 3.63) is 29.8 Å². The summed E-state index contributed by atoms with van der Waals surface area (Å²) in [6.07, 6.45) is 19.5. The highest BCUT2D eigenvalue weighted by molar-refractivity contribution is 5.80. The lowest BCUT2D eigenvalue weighted by molar-refractivity contribution is -0.127. The summed E-state index contributed by atoms with van der Waals surface area (Å²) < 4.78 is 5.74. The summed E-state index contributed by atoms with van der Waals surface area (Å²) in [6.45, 7) is 6.97. The molecule has 0 aliphatic heterocycles. The van der Waals surface area contributed by atoms with Gasteiger partial charge in [0.2, 0.25) is 0 Å². The molecule has 172 valence electrons. The molecule has 0 aromatic heterocycles. The van der Waals surface area contributed by atoms with Gasteiger partial charge >= 0.3 is 0 Å². The van der Waals surface area contributed by atoms with E-state index in [9.17, 15) is 4.79 Å². The Labute approximate surface area is 186 Å². The van der Waals surface area contributed by atoms with Crippen LogP contribution in [0.5, 0.6) is 5.75 Å². The molecule has 3 nitrogen and oxygen atoms in total. The summed E-state index contributed by atoms with van der Waals surface area (Å²) in [4.78, 5) is 12.2. The maximum atomic E-state index is 12.2. The zero-order valence-corrected chi connectivity index (χ0v) is 20.0. The predicted molar refractivity (Wildman–Crippen MR) is 129 cm³/mol. The number of carbonyl (C=O) groups excluding carboxylic acids is 1. The van der Waals surface area contributed by atoms with Crippen LogP contribution in [0.25, 0.3) is 0 Å². The average molecular weight is 418 g/mol. The lowest BCUT2D eigenvalue weighted by Crippen LogP contribution is -2.36. The Bertz CT molecular complexity index is 526. The van der Waals surface area contributed by atoms with Crippen molar-refractivity contribution < 1.29 is 9.53 Å². The lowest BCUT2D eigenvalue weighted by atomic mass is 10.0. The molecule has 3 heteroatoms. The Hall–Kier alpha value is -1.51. The van der Waals surface area contributed by atoms with Crippen LogP contribution in [0.4, 0.5) is 0 Å². The summed E-state index contributed by atoms with van der Waals surface area (Å²) >= 11 is 0. The van der Waals surface area contributed by atoms with Gasteiger partial charge in [0.1, 0.15) is 5.75 Å². The molecule has 1 rings (SSSR count). The molecule has 0 heterocycles. The van der Waals surface area contributed by atoms with Gasteiger partial charge in [-0.3, -0.25) is 4.79 Å². The van der Waals surface area contributed by atoms with Gasteiger partial charge in [-0.25, -0.2) is 0 Å². The van der Waals surface area contributed by atoms with Crippen LogP contribution in [-0.2, 0) is 11.2 Å². The highest BCUT2D eigenvalue weighted by atomic mass is 16.5. The van der Waals surface area contributed by atoms with E-state index in [2.05, 4.69) is 31.3 Å². The Morgan fingerprint density at radius 2 is 1.23 bits per heavy atom. The fourth-order valence-electron chi connectivity index (χ4n) is 3.74. The fourth-order valence-corrected chi connectivity index (χ4v) is 3.74. The van der Waals surface area contributed by atoms with Gasteiger partial charge in [-0.05, 0) is 37.5 Å². The number of ether oxygens (including phenoxy) is 1. The van der Waals surface area contributed by atoms with E-state index in [1.165, 1.54) is 89.0 Å². The van der Waals surface area contributed by atoms with Gasteiger partial charge in [-0.15, -0.1) is 0 Å². The molecule has 0 saturated carbocycles. The number of benzene rings is 1. The van der Waals surface area contributed by atoms with E-state index < -0.39 is 6.10 Å². The number of unbranched alkanes of at least 4 members (excludes halogenated alkanes) is 13. The van der Waals surface area contributed by atoms with Gasteiger partial charge in [0, 0.05) is 6.54 Å². The van der Waals surface area contributed by atoms with E-state index in [-0.39, 0.29) is 5.91 Å². The Kier molecular flexibility index (Phi) is 16.2. The van der Waals surface area contributed by atoms with Gasteiger partial charge in [0.05, 0.1) is 0 Å². The molecule has 0 bridgehead atoms. The third-order valence-electron chi connectivity index (χ3n) is 5.84. The zero-order chi connectivity index (χ0) is 21.9. The molecule has 0 aliphatic rings. The topological polar surface area (TPSA) is 38.3 Å². The van der Waals surface area contributed by atoms with Gasteiger partial charge in [0.15, 0.2) is 6.10 Å². The number of nitrogens with one attached hydrogen (secondary N) is 1. The van der Waals surface area contributed by atoms with Crippen LogP contribution in [-0.4, -0.2) is 18.6 Å². The molecule has 0 saturated heterocycles. The average Bonchev–Trinajstić information content (AvgIpc) is 2.76. The van der Waals surface area contributed by atoms with Crippen LogP contribution in [0.3, 0.4) is 0 Å². The highest BCUT2D eigenvalue weighted by Gasteiger charge is 2.13. The molecule has 1 amide bonds. The third-order valence-corrected chi connectivity index (χ3v) is 5.84. The minimum atomic E-state index is -0.455. The smallest absolute Gasteiger partial charge is 0.260 e. The normalized spacial score (nSPS) is 12.0. The van der Waals surface area contributed by atoms with Gasteiger partial charge in [-0.2, -0.15) is 0 Å². The Balaban J connectivity index is 1.90. The van der Waals surface area contributed by atoms with Crippen molar-refractivity contribution in [1.82, 2.24) is 5.32 Å². The number of aryl methyl sites for hydroxylation is 1. The second kappa shape index (κ2) is 18.3. The second-order valence-electron chi connectivity index (χ2n) is 8.64. The first-order valence-corrected chi connectivity index (χ1v) is 12.7. The summed E-state index contributed by atoms with van der Waals surface area (Å²) in [6, 6.07) is 7.98. The molecular weight excluding hydrogens is 370 g/mol. The first kappa shape index (κ1) is 26.5. The van der Waals surface area contributed by atoms with Gasteiger partial charge < -0.3 is 10.1 Å². The summed E-state index contributed by atoms with van der Waals surface area (Å²) in [5.41, 5.74) is 1.28. The molecule has 0 aliphatic carbocycles. The van der Waals surface area contributed by atoms with Crippen LogP contribution in [0.2, 0.25) is 0 Å². The van der Waals surface area contributed by atoms with E-state index >= 15 is 0 Å². The van der Waals surface area contributed by atoms with Crippen LogP contribution in [0, 0.1) is 0 Å². The van der Waals surface area contributed by atoms with Crippen LogP contribution in [0.1, 0.15) is 116 Å². The standard InChI is InChI=1S/C27H47NO2/c1-4-6-7-8-9-10-11-12-13-14-15-16-17-18-23-28-27(29)24(3)30-26-21-19-25(5-2)20-22-26/h19-22,24H,4-18,23H2,1-3H3,(H,28,29). The molecule has 1 unspecified atom stereocenters. The van der Waals surface area contributed by atoms with Crippen LogP contribution < -0.4 is 10.1 Å². The summed E-state index contributed by atoms with van der Waals surface area (Å²) in [5, 5.41) is 3.00. The maximum absolute atomic E-state index is 12.2. The van der Waals surface area contributed by atoms with Crippen molar-refractivity contribution >= 4 is 5.91 Å². The Morgan fingerprint density at radius 3 is 1.70 bits per heavy atom. The third kappa shape index (κ3) is 13.7. The number of hydrogen-bond donors (Lipinski definition) is 1. The fraction of sp³-hybridized carbons (Fsp3) is 0.741. The number of hydrogen-bond acceptors (Lipinski definition) is 2. The number of rotatable bonds is 19. The maximum Gasteiger partial charge on any atom is 0.260 e. The molecule has 0 spiro atoms. The molecule has 0 fully saturated rings. The molecule has 1 atom stereocenters. The molecule has 1 N–H and O–H groups in total. The van der Waals surface area contributed by atoms with E-state index in [0.717, 1.165) is 25.1 Å². The van der Waals surface area contributed by atoms with Crippen molar-refractivity contribution in [2.75, 3.05) is 6.54 Å². The van der Waals surface area contributed by atoms with Crippen molar-refractivity contribution in [2.24, 2.45) is 0 Å². The van der Waals surface area contributed by atoms with Crippen molar-refractivity contribution in [2.45, 2.75) is 123 Å². The molecule has 1 aromatic rings. The largest absolute Gasteiger partial charge is 0.481 e. The van der Waals surface area contributed by atoms with Gasteiger partial charge in [-0.1, -0.05) is 109 Å². The number of amides is 1. The molecule has 1 aromatic carbocycles. The van der Waals surface area contributed by atoms with Crippen molar-refractivity contribution in [3.63, 3.8) is 0 Å². The second-order valence-corrected chi connectivity index (χ2v) is 8.64. The first-order chi connectivity index (χ1) is 14.7. The van der Waals surface area contributed by atoms with Crippen LogP contribution in [0.15, 0.2) is 24.3 Å². The zero-order valence-electron chi connectivity index (χ0n) is 20.0. The molecule has 0 radical (unpaired) electrons. The lowest BCUT2D eigenvalue weighted by Gasteiger charge is -2.15. The molecular formula is C27H47NO2. The summed E-state index contributed by atoms with van der Waals surface area (Å²) in [5.74, 6) is 0.732. The van der Waals surface area contributed by atoms with Gasteiger partial charge in [0.25, 0.3) is 5.91 Å². The Morgan fingerprint density at radius 1 is 0.767 bits per heavy atom. The van der Waals surface area contributed by atoms with E-state index in [0.29, 0.717) is 0 Å². The SMILES string of the molecule is CCCCCCCCCCCCCCCCNC(=O)C(C)Oc1ccc(CC)cc1. The first-order valence-electron chi connectivity index (χ1n) is 12.7. The summed E-state index contributed by atoms with van der Waals surface area (Å²) in [7, 11) is 0.